The van der Waals surface area contributed by atoms with Gasteiger partial charge in [-0.1, -0.05) is 35.9 Å². The summed E-state index contributed by atoms with van der Waals surface area (Å²) < 4.78 is 0. The highest BCUT2D eigenvalue weighted by molar-refractivity contribution is 6.33. The van der Waals surface area contributed by atoms with E-state index in [9.17, 15) is 4.79 Å². The summed E-state index contributed by atoms with van der Waals surface area (Å²) >= 11 is 5.98. The largest absolute Gasteiger partial charge is 0.399 e. The van der Waals surface area contributed by atoms with Gasteiger partial charge < -0.3 is 16.4 Å². The fourth-order valence-corrected chi connectivity index (χ4v) is 1.97. The summed E-state index contributed by atoms with van der Waals surface area (Å²) in [7, 11) is 0. The molecule has 0 saturated carbocycles. The number of urea groups is 1. The van der Waals surface area contributed by atoms with Crippen LogP contribution in [-0.2, 0) is 0 Å². The first-order valence-electron chi connectivity index (χ1n) is 6.24. The topological polar surface area (TPSA) is 67.2 Å². The molecule has 4 nitrogen and oxygen atoms in total. The predicted molar refractivity (Wildman–Crippen MR) is 82.9 cm³/mol. The Kier molecular flexibility index (Phi) is 4.48. The SMILES string of the molecule is CC(NC(=O)Nc1ccccc1Cl)c1ccc(N)cc1. The Labute approximate surface area is 122 Å². The van der Waals surface area contributed by atoms with E-state index in [1.165, 1.54) is 0 Å². The minimum Gasteiger partial charge on any atom is -0.399 e. The van der Waals surface area contributed by atoms with Crippen LogP contribution in [0.3, 0.4) is 0 Å². The first kappa shape index (κ1) is 14.2. The van der Waals surface area contributed by atoms with E-state index in [1.54, 1.807) is 24.3 Å². The van der Waals surface area contributed by atoms with Crippen LogP contribution in [0.15, 0.2) is 48.5 Å². The van der Waals surface area contributed by atoms with Crippen molar-refractivity contribution >= 4 is 29.0 Å². The van der Waals surface area contributed by atoms with Crippen LogP contribution in [0.4, 0.5) is 16.2 Å². The molecular weight excluding hydrogens is 274 g/mol. The van der Waals surface area contributed by atoms with Crippen molar-refractivity contribution in [1.82, 2.24) is 5.32 Å². The van der Waals surface area contributed by atoms with E-state index >= 15 is 0 Å². The molecule has 2 aromatic rings. The summed E-state index contributed by atoms with van der Waals surface area (Å²) in [6, 6.07) is 14.0. The number of rotatable bonds is 3. The molecule has 0 radical (unpaired) electrons. The zero-order valence-corrected chi connectivity index (χ0v) is 11.8. The van der Waals surface area contributed by atoms with E-state index in [1.807, 2.05) is 31.2 Å². The second-order valence-corrected chi connectivity index (χ2v) is 4.87. The summed E-state index contributed by atoms with van der Waals surface area (Å²) in [4.78, 5) is 11.9. The molecule has 0 heterocycles. The summed E-state index contributed by atoms with van der Waals surface area (Å²) in [6.45, 7) is 1.90. The van der Waals surface area contributed by atoms with E-state index in [2.05, 4.69) is 10.6 Å². The molecule has 0 fully saturated rings. The van der Waals surface area contributed by atoms with Crippen LogP contribution in [0.1, 0.15) is 18.5 Å². The number of carbonyl (C=O) groups excluding carboxylic acids is 1. The minimum absolute atomic E-state index is 0.127. The van der Waals surface area contributed by atoms with Crippen molar-refractivity contribution in [1.29, 1.82) is 0 Å². The fraction of sp³-hybridized carbons (Fsp3) is 0.133. The zero-order valence-electron chi connectivity index (χ0n) is 11.1. The van der Waals surface area contributed by atoms with Crippen molar-refractivity contribution in [2.45, 2.75) is 13.0 Å². The maximum Gasteiger partial charge on any atom is 0.319 e. The van der Waals surface area contributed by atoms with Crippen molar-refractivity contribution in [3.63, 3.8) is 0 Å². The molecule has 20 heavy (non-hydrogen) atoms. The van der Waals surface area contributed by atoms with Crippen molar-refractivity contribution < 1.29 is 4.79 Å². The third-order valence-corrected chi connectivity index (χ3v) is 3.24. The van der Waals surface area contributed by atoms with Gasteiger partial charge in [0.15, 0.2) is 0 Å². The van der Waals surface area contributed by atoms with Crippen molar-refractivity contribution in [3.05, 3.63) is 59.1 Å². The molecule has 2 rings (SSSR count). The lowest BCUT2D eigenvalue weighted by atomic mass is 10.1. The third-order valence-electron chi connectivity index (χ3n) is 2.91. The number of hydrogen-bond donors (Lipinski definition) is 3. The number of carbonyl (C=O) groups is 1. The Morgan fingerprint density at radius 3 is 2.45 bits per heavy atom. The molecule has 0 aliphatic heterocycles. The number of nitrogen functional groups attached to an aromatic ring is 1. The van der Waals surface area contributed by atoms with Crippen LogP contribution < -0.4 is 16.4 Å². The molecule has 1 atom stereocenters. The number of halogens is 1. The Bertz CT molecular complexity index is 598. The van der Waals surface area contributed by atoms with Gasteiger partial charge in [0.1, 0.15) is 0 Å². The van der Waals surface area contributed by atoms with Crippen LogP contribution in [0.5, 0.6) is 0 Å². The lowest BCUT2D eigenvalue weighted by Gasteiger charge is -2.15. The Morgan fingerprint density at radius 1 is 1.15 bits per heavy atom. The minimum atomic E-state index is -0.303. The molecule has 0 aliphatic carbocycles. The van der Waals surface area contributed by atoms with Crippen molar-refractivity contribution in [2.24, 2.45) is 0 Å². The third kappa shape index (κ3) is 3.65. The predicted octanol–water partition coefficient (Wildman–Crippen LogP) is 3.80. The lowest BCUT2D eigenvalue weighted by Crippen LogP contribution is -2.31. The standard InChI is InChI=1S/C15H16ClN3O/c1-10(11-6-8-12(17)9-7-11)18-15(20)19-14-5-3-2-4-13(14)16/h2-10H,17H2,1H3,(H2,18,19,20). The van der Waals surface area contributed by atoms with Crippen LogP contribution in [0.25, 0.3) is 0 Å². The van der Waals surface area contributed by atoms with E-state index < -0.39 is 0 Å². The van der Waals surface area contributed by atoms with E-state index in [4.69, 9.17) is 17.3 Å². The summed E-state index contributed by atoms with van der Waals surface area (Å²) in [6.07, 6.45) is 0. The first-order chi connectivity index (χ1) is 9.56. The van der Waals surface area contributed by atoms with Gasteiger partial charge in [-0.15, -0.1) is 0 Å². The van der Waals surface area contributed by atoms with Crippen LogP contribution in [0.2, 0.25) is 5.02 Å². The fourth-order valence-electron chi connectivity index (χ4n) is 1.79. The van der Waals surface area contributed by atoms with Gasteiger partial charge in [-0.2, -0.15) is 0 Å². The lowest BCUT2D eigenvalue weighted by molar-refractivity contribution is 0.249. The monoisotopic (exact) mass is 289 g/mol. The quantitative estimate of drug-likeness (QED) is 0.752. The summed E-state index contributed by atoms with van der Waals surface area (Å²) in [5.41, 5.74) is 7.89. The number of amides is 2. The molecule has 0 aromatic heterocycles. The van der Waals surface area contributed by atoms with Gasteiger partial charge in [0, 0.05) is 5.69 Å². The number of para-hydroxylation sites is 1. The molecule has 1 unspecified atom stereocenters. The van der Waals surface area contributed by atoms with Crippen LogP contribution in [-0.4, -0.2) is 6.03 Å². The number of hydrogen-bond acceptors (Lipinski definition) is 2. The molecule has 104 valence electrons. The maximum absolute atomic E-state index is 11.9. The average Bonchev–Trinajstić information content (AvgIpc) is 2.42. The van der Waals surface area contributed by atoms with Gasteiger partial charge in [0.05, 0.1) is 16.8 Å². The van der Waals surface area contributed by atoms with E-state index in [0.29, 0.717) is 16.4 Å². The van der Waals surface area contributed by atoms with Crippen molar-refractivity contribution in [2.75, 3.05) is 11.1 Å². The van der Waals surface area contributed by atoms with Gasteiger partial charge in [0.2, 0.25) is 0 Å². The Balaban J connectivity index is 1.98. The van der Waals surface area contributed by atoms with E-state index in [-0.39, 0.29) is 12.1 Å². The second-order valence-electron chi connectivity index (χ2n) is 4.47. The Hall–Kier alpha value is -2.20. The zero-order chi connectivity index (χ0) is 14.5. The number of nitrogens with two attached hydrogens (primary N) is 1. The van der Waals surface area contributed by atoms with Crippen LogP contribution >= 0.6 is 11.6 Å². The number of nitrogens with one attached hydrogen (secondary N) is 2. The summed E-state index contributed by atoms with van der Waals surface area (Å²) in [5.74, 6) is 0. The molecule has 0 spiro atoms. The van der Waals surface area contributed by atoms with Crippen molar-refractivity contribution in [3.8, 4) is 0 Å². The molecule has 0 aliphatic rings. The molecule has 2 amide bonds. The summed E-state index contributed by atoms with van der Waals surface area (Å²) in [5, 5.41) is 6.06. The molecule has 2 aromatic carbocycles. The van der Waals surface area contributed by atoms with Gasteiger partial charge >= 0.3 is 6.03 Å². The number of anilines is 2. The Morgan fingerprint density at radius 2 is 1.80 bits per heavy atom. The molecule has 5 heteroatoms. The smallest absolute Gasteiger partial charge is 0.319 e. The van der Waals surface area contributed by atoms with Gasteiger partial charge in [-0.05, 0) is 36.8 Å². The number of benzene rings is 2. The first-order valence-corrected chi connectivity index (χ1v) is 6.61. The highest BCUT2D eigenvalue weighted by Gasteiger charge is 2.10. The maximum atomic E-state index is 11.9. The second kappa shape index (κ2) is 6.30. The van der Waals surface area contributed by atoms with Gasteiger partial charge in [0.25, 0.3) is 0 Å². The molecule has 0 saturated heterocycles. The van der Waals surface area contributed by atoms with Crippen LogP contribution in [0, 0.1) is 0 Å². The van der Waals surface area contributed by atoms with Gasteiger partial charge in [-0.3, -0.25) is 0 Å². The average molecular weight is 290 g/mol. The molecule has 0 bridgehead atoms. The van der Waals surface area contributed by atoms with Gasteiger partial charge in [-0.25, -0.2) is 4.79 Å². The highest BCUT2D eigenvalue weighted by Crippen LogP contribution is 2.20. The molecule has 4 N–H and O–H groups in total. The molecular formula is C15H16ClN3O. The normalized spacial score (nSPS) is 11.7. The van der Waals surface area contributed by atoms with E-state index in [0.717, 1.165) is 5.56 Å². The highest BCUT2D eigenvalue weighted by atomic mass is 35.5.